The minimum atomic E-state index is 0.652. The number of para-hydroxylation sites is 1. The first kappa shape index (κ1) is 21.3. The standard InChI is InChI=1S/C23H32N2O4/c1-18-7-5-6-8-20(18)29-16-15-24-11-13-25(14-12-24)17-19-9-10-21(26-2)23(28-4)22(19)27-3/h5-10H,11-17H2,1-4H3. The molecule has 0 radical (unpaired) electrons. The molecule has 0 saturated carbocycles. The first-order valence-corrected chi connectivity index (χ1v) is 10.1. The molecule has 29 heavy (non-hydrogen) atoms. The molecule has 0 N–H and O–H groups in total. The third-order valence-corrected chi connectivity index (χ3v) is 5.40. The van der Waals surface area contributed by atoms with Gasteiger partial charge in [0.25, 0.3) is 0 Å². The number of rotatable bonds is 9. The van der Waals surface area contributed by atoms with Crippen molar-refractivity contribution in [2.45, 2.75) is 13.5 Å². The first-order valence-electron chi connectivity index (χ1n) is 10.1. The van der Waals surface area contributed by atoms with Gasteiger partial charge >= 0.3 is 0 Å². The fourth-order valence-corrected chi connectivity index (χ4v) is 3.70. The Labute approximate surface area is 173 Å². The lowest BCUT2D eigenvalue weighted by atomic mass is 10.1. The van der Waals surface area contributed by atoms with E-state index in [1.54, 1.807) is 21.3 Å². The normalized spacial score (nSPS) is 15.2. The van der Waals surface area contributed by atoms with Crippen LogP contribution in [0.15, 0.2) is 36.4 Å². The number of piperazine rings is 1. The van der Waals surface area contributed by atoms with Crippen LogP contribution in [0.1, 0.15) is 11.1 Å². The van der Waals surface area contributed by atoms with Crippen LogP contribution in [-0.4, -0.2) is 70.5 Å². The van der Waals surface area contributed by atoms with Gasteiger partial charge in [-0.05, 0) is 24.6 Å². The van der Waals surface area contributed by atoms with Crippen molar-refractivity contribution >= 4 is 0 Å². The summed E-state index contributed by atoms with van der Waals surface area (Å²) in [5.74, 6) is 3.07. The second-order valence-corrected chi connectivity index (χ2v) is 7.23. The molecule has 2 aromatic carbocycles. The number of aryl methyl sites for hydroxylation is 1. The Hall–Kier alpha value is -2.44. The number of hydrogen-bond acceptors (Lipinski definition) is 6. The fourth-order valence-electron chi connectivity index (χ4n) is 3.70. The third kappa shape index (κ3) is 5.34. The van der Waals surface area contributed by atoms with Gasteiger partial charge in [-0.15, -0.1) is 0 Å². The van der Waals surface area contributed by atoms with Crippen LogP contribution in [0.4, 0.5) is 0 Å². The topological polar surface area (TPSA) is 43.4 Å². The van der Waals surface area contributed by atoms with Gasteiger partial charge in [0, 0.05) is 44.8 Å². The smallest absolute Gasteiger partial charge is 0.203 e. The zero-order valence-electron chi connectivity index (χ0n) is 17.9. The van der Waals surface area contributed by atoms with Crippen molar-refractivity contribution in [1.29, 1.82) is 0 Å². The maximum atomic E-state index is 5.94. The first-order chi connectivity index (χ1) is 14.2. The van der Waals surface area contributed by atoms with Crippen LogP contribution in [0.2, 0.25) is 0 Å². The van der Waals surface area contributed by atoms with E-state index in [0.717, 1.165) is 56.3 Å². The van der Waals surface area contributed by atoms with Crippen molar-refractivity contribution < 1.29 is 18.9 Å². The molecule has 1 saturated heterocycles. The van der Waals surface area contributed by atoms with Crippen LogP contribution in [0, 0.1) is 6.92 Å². The Morgan fingerprint density at radius 2 is 1.45 bits per heavy atom. The lowest BCUT2D eigenvalue weighted by molar-refractivity contribution is 0.111. The van der Waals surface area contributed by atoms with Gasteiger partial charge in [0.05, 0.1) is 21.3 Å². The quantitative estimate of drug-likeness (QED) is 0.644. The number of nitrogens with zero attached hydrogens (tertiary/aromatic N) is 2. The highest BCUT2D eigenvalue weighted by atomic mass is 16.5. The van der Waals surface area contributed by atoms with E-state index in [4.69, 9.17) is 18.9 Å². The van der Waals surface area contributed by atoms with E-state index in [2.05, 4.69) is 28.9 Å². The largest absolute Gasteiger partial charge is 0.493 e. The van der Waals surface area contributed by atoms with E-state index in [0.29, 0.717) is 18.1 Å². The number of benzene rings is 2. The summed E-state index contributed by atoms with van der Waals surface area (Å²) in [6.07, 6.45) is 0. The van der Waals surface area contributed by atoms with Crippen molar-refractivity contribution in [3.8, 4) is 23.0 Å². The summed E-state index contributed by atoms with van der Waals surface area (Å²) >= 11 is 0. The molecule has 0 amide bonds. The van der Waals surface area contributed by atoms with Gasteiger partial charge in [-0.25, -0.2) is 0 Å². The molecule has 1 aliphatic heterocycles. The van der Waals surface area contributed by atoms with E-state index in [-0.39, 0.29) is 0 Å². The highest BCUT2D eigenvalue weighted by Crippen LogP contribution is 2.40. The van der Waals surface area contributed by atoms with Crippen LogP contribution in [0.3, 0.4) is 0 Å². The summed E-state index contributed by atoms with van der Waals surface area (Å²) in [7, 11) is 4.95. The van der Waals surface area contributed by atoms with Crippen molar-refractivity contribution in [2.24, 2.45) is 0 Å². The summed E-state index contributed by atoms with van der Waals surface area (Å²) < 4.78 is 22.4. The molecular formula is C23H32N2O4. The predicted molar refractivity (Wildman–Crippen MR) is 114 cm³/mol. The maximum absolute atomic E-state index is 5.94. The van der Waals surface area contributed by atoms with Gasteiger partial charge in [-0.3, -0.25) is 9.80 Å². The van der Waals surface area contributed by atoms with E-state index in [1.165, 1.54) is 5.56 Å². The Bertz CT molecular complexity index is 788. The summed E-state index contributed by atoms with van der Waals surface area (Å²) in [5, 5.41) is 0. The third-order valence-electron chi connectivity index (χ3n) is 5.40. The molecule has 1 fully saturated rings. The van der Waals surface area contributed by atoms with Gasteiger partial charge in [-0.1, -0.05) is 24.3 Å². The second kappa shape index (κ2) is 10.4. The lowest BCUT2D eigenvalue weighted by Crippen LogP contribution is -2.47. The maximum Gasteiger partial charge on any atom is 0.203 e. The molecule has 6 heteroatoms. The number of ether oxygens (including phenoxy) is 4. The van der Waals surface area contributed by atoms with Crippen molar-refractivity contribution in [2.75, 3.05) is 60.7 Å². The minimum Gasteiger partial charge on any atom is -0.493 e. The molecular weight excluding hydrogens is 368 g/mol. The highest BCUT2D eigenvalue weighted by molar-refractivity contribution is 5.55. The zero-order chi connectivity index (χ0) is 20.6. The monoisotopic (exact) mass is 400 g/mol. The molecule has 0 atom stereocenters. The molecule has 6 nitrogen and oxygen atoms in total. The Kier molecular flexibility index (Phi) is 7.61. The molecule has 0 aliphatic carbocycles. The molecule has 158 valence electrons. The summed E-state index contributed by atoms with van der Waals surface area (Å²) in [6, 6.07) is 12.2. The SMILES string of the molecule is COc1ccc(CN2CCN(CCOc3ccccc3C)CC2)c(OC)c1OC. The Morgan fingerprint density at radius 1 is 0.759 bits per heavy atom. The number of hydrogen-bond donors (Lipinski definition) is 0. The summed E-state index contributed by atoms with van der Waals surface area (Å²) in [5.41, 5.74) is 2.29. The zero-order valence-corrected chi connectivity index (χ0v) is 17.9. The summed E-state index contributed by atoms with van der Waals surface area (Å²) in [6.45, 7) is 8.67. The van der Waals surface area contributed by atoms with E-state index in [9.17, 15) is 0 Å². The fraction of sp³-hybridized carbons (Fsp3) is 0.478. The predicted octanol–water partition coefficient (Wildman–Crippen LogP) is 3.22. The highest BCUT2D eigenvalue weighted by Gasteiger charge is 2.21. The summed E-state index contributed by atoms with van der Waals surface area (Å²) in [4.78, 5) is 4.91. The molecule has 0 bridgehead atoms. The average Bonchev–Trinajstić information content (AvgIpc) is 2.75. The number of methoxy groups -OCH3 is 3. The van der Waals surface area contributed by atoms with Gasteiger partial charge < -0.3 is 18.9 Å². The van der Waals surface area contributed by atoms with Crippen LogP contribution in [0.5, 0.6) is 23.0 Å². The van der Waals surface area contributed by atoms with Crippen molar-refractivity contribution in [1.82, 2.24) is 9.80 Å². The van der Waals surface area contributed by atoms with Gasteiger partial charge in [0.1, 0.15) is 12.4 Å². The van der Waals surface area contributed by atoms with E-state index >= 15 is 0 Å². The van der Waals surface area contributed by atoms with Gasteiger partial charge in [0.2, 0.25) is 5.75 Å². The van der Waals surface area contributed by atoms with Crippen LogP contribution < -0.4 is 18.9 Å². The molecule has 0 spiro atoms. The van der Waals surface area contributed by atoms with Gasteiger partial charge in [0.15, 0.2) is 11.5 Å². The Balaban J connectivity index is 1.49. The molecule has 1 aliphatic rings. The van der Waals surface area contributed by atoms with Crippen molar-refractivity contribution in [3.05, 3.63) is 47.5 Å². The molecule has 0 aromatic heterocycles. The van der Waals surface area contributed by atoms with Crippen LogP contribution >= 0.6 is 0 Å². The Morgan fingerprint density at radius 3 is 2.10 bits per heavy atom. The second-order valence-electron chi connectivity index (χ2n) is 7.23. The van der Waals surface area contributed by atoms with Crippen LogP contribution in [-0.2, 0) is 6.54 Å². The molecule has 3 rings (SSSR count). The van der Waals surface area contributed by atoms with E-state index in [1.807, 2.05) is 24.3 Å². The van der Waals surface area contributed by atoms with Crippen molar-refractivity contribution in [3.63, 3.8) is 0 Å². The molecule has 2 aromatic rings. The molecule has 0 unspecified atom stereocenters. The molecule has 1 heterocycles. The van der Waals surface area contributed by atoms with Gasteiger partial charge in [-0.2, -0.15) is 0 Å². The average molecular weight is 401 g/mol. The van der Waals surface area contributed by atoms with E-state index < -0.39 is 0 Å². The van der Waals surface area contributed by atoms with Crippen LogP contribution in [0.25, 0.3) is 0 Å². The minimum absolute atomic E-state index is 0.652. The lowest BCUT2D eigenvalue weighted by Gasteiger charge is -2.35.